The van der Waals surface area contributed by atoms with Crippen LogP contribution in [0.4, 0.5) is 5.69 Å². The van der Waals surface area contributed by atoms with Gasteiger partial charge in [0.15, 0.2) is 0 Å². The fraction of sp³-hybridized carbons (Fsp3) is 0.533. The molecule has 0 heterocycles. The van der Waals surface area contributed by atoms with Gasteiger partial charge in [-0.15, -0.1) is 0 Å². The van der Waals surface area contributed by atoms with E-state index in [0.29, 0.717) is 16.3 Å². The highest BCUT2D eigenvalue weighted by Crippen LogP contribution is 2.21. The Labute approximate surface area is 119 Å². The maximum absolute atomic E-state index is 12.2. The topological polar surface area (TPSA) is 55.1 Å². The number of hydrogen-bond donors (Lipinski definition) is 2. The van der Waals surface area contributed by atoms with Crippen molar-refractivity contribution in [3.05, 3.63) is 28.8 Å². The van der Waals surface area contributed by atoms with Crippen molar-refractivity contribution < 1.29 is 4.79 Å². The Kier molecular flexibility index (Phi) is 5.08. The van der Waals surface area contributed by atoms with Gasteiger partial charge in [0, 0.05) is 11.7 Å². The number of carbonyl (C=O) groups is 1. The molecular formula is C15H21ClN2O. The lowest BCUT2D eigenvalue weighted by Gasteiger charge is -2.21. The molecule has 0 atom stereocenters. The molecule has 0 bridgehead atoms. The molecule has 0 aromatic heterocycles. The normalized spacial score (nSPS) is 17.5. The molecule has 0 saturated heterocycles. The third kappa shape index (κ3) is 4.13. The number of halogens is 1. The second-order valence-corrected chi connectivity index (χ2v) is 5.66. The highest BCUT2D eigenvalue weighted by molar-refractivity contribution is 6.34. The molecule has 1 aromatic carbocycles. The molecule has 0 aliphatic heterocycles. The van der Waals surface area contributed by atoms with Crippen molar-refractivity contribution >= 4 is 23.2 Å². The lowest BCUT2D eigenvalue weighted by Crippen LogP contribution is -2.35. The Morgan fingerprint density at radius 2 is 1.79 bits per heavy atom. The van der Waals surface area contributed by atoms with E-state index in [0.717, 1.165) is 12.8 Å². The van der Waals surface area contributed by atoms with Crippen LogP contribution in [0.3, 0.4) is 0 Å². The number of carbonyl (C=O) groups excluding carboxylic acids is 1. The summed E-state index contributed by atoms with van der Waals surface area (Å²) in [6.45, 7) is 0. The number of amides is 1. The Morgan fingerprint density at radius 3 is 2.42 bits per heavy atom. The quantitative estimate of drug-likeness (QED) is 0.811. The molecule has 3 nitrogen and oxygen atoms in total. The van der Waals surface area contributed by atoms with Gasteiger partial charge >= 0.3 is 0 Å². The number of anilines is 1. The number of nitrogens with two attached hydrogens (primary N) is 1. The van der Waals surface area contributed by atoms with Gasteiger partial charge < -0.3 is 11.1 Å². The maximum Gasteiger partial charge on any atom is 0.253 e. The van der Waals surface area contributed by atoms with Crippen LogP contribution in [0.15, 0.2) is 18.2 Å². The first-order valence-corrected chi connectivity index (χ1v) is 7.40. The van der Waals surface area contributed by atoms with Gasteiger partial charge in [-0.05, 0) is 31.0 Å². The predicted octanol–water partition coefficient (Wildman–Crippen LogP) is 3.76. The largest absolute Gasteiger partial charge is 0.399 e. The summed E-state index contributed by atoms with van der Waals surface area (Å²) in [6, 6.07) is 5.30. The maximum atomic E-state index is 12.2. The van der Waals surface area contributed by atoms with Gasteiger partial charge in [-0.1, -0.05) is 43.7 Å². The summed E-state index contributed by atoms with van der Waals surface area (Å²) >= 11 is 6.06. The van der Waals surface area contributed by atoms with Gasteiger partial charge in [-0.3, -0.25) is 4.79 Å². The lowest BCUT2D eigenvalue weighted by atomic mass is 9.96. The fourth-order valence-corrected chi connectivity index (χ4v) is 2.85. The molecule has 3 N–H and O–H groups in total. The number of benzene rings is 1. The van der Waals surface area contributed by atoms with E-state index in [1.807, 2.05) is 0 Å². The van der Waals surface area contributed by atoms with Crippen molar-refractivity contribution in [2.75, 3.05) is 5.73 Å². The summed E-state index contributed by atoms with van der Waals surface area (Å²) in [5, 5.41) is 3.52. The molecule has 0 unspecified atom stereocenters. The summed E-state index contributed by atoms with van der Waals surface area (Å²) in [5.41, 5.74) is 6.72. The zero-order chi connectivity index (χ0) is 13.7. The molecule has 4 heteroatoms. The molecule has 1 fully saturated rings. The zero-order valence-electron chi connectivity index (χ0n) is 11.1. The summed E-state index contributed by atoms with van der Waals surface area (Å²) in [5.74, 6) is -0.0874. The average molecular weight is 281 g/mol. The van der Waals surface area contributed by atoms with Crippen molar-refractivity contribution in [2.45, 2.75) is 51.0 Å². The van der Waals surface area contributed by atoms with Gasteiger partial charge in [-0.25, -0.2) is 0 Å². The van der Waals surface area contributed by atoms with Gasteiger partial charge in [-0.2, -0.15) is 0 Å². The van der Waals surface area contributed by atoms with Gasteiger partial charge in [0.25, 0.3) is 5.91 Å². The molecule has 104 valence electrons. The molecule has 0 spiro atoms. The van der Waals surface area contributed by atoms with E-state index in [-0.39, 0.29) is 11.9 Å². The van der Waals surface area contributed by atoms with Crippen LogP contribution in [0.5, 0.6) is 0 Å². The number of rotatable bonds is 2. The first kappa shape index (κ1) is 14.2. The van der Waals surface area contributed by atoms with Crippen molar-refractivity contribution in [3.63, 3.8) is 0 Å². The summed E-state index contributed by atoms with van der Waals surface area (Å²) in [4.78, 5) is 12.2. The second kappa shape index (κ2) is 6.80. The van der Waals surface area contributed by atoms with Crippen molar-refractivity contribution in [1.82, 2.24) is 5.32 Å². The van der Waals surface area contributed by atoms with Gasteiger partial charge in [0.2, 0.25) is 0 Å². The van der Waals surface area contributed by atoms with E-state index >= 15 is 0 Å². The number of hydrogen-bond acceptors (Lipinski definition) is 2. The Hall–Kier alpha value is -1.22. The first-order valence-electron chi connectivity index (χ1n) is 7.02. The Morgan fingerprint density at radius 1 is 1.16 bits per heavy atom. The number of nitrogens with one attached hydrogen (secondary N) is 1. The van der Waals surface area contributed by atoms with Crippen LogP contribution in [0.1, 0.15) is 55.3 Å². The molecule has 2 rings (SSSR count). The molecule has 1 amide bonds. The Balaban J connectivity index is 1.99. The summed E-state index contributed by atoms with van der Waals surface area (Å²) in [7, 11) is 0. The van der Waals surface area contributed by atoms with E-state index in [4.69, 9.17) is 17.3 Å². The summed E-state index contributed by atoms with van der Waals surface area (Å²) in [6.07, 6.45) is 8.39. The molecule has 0 radical (unpaired) electrons. The SMILES string of the molecule is Nc1ccc(C(=O)NC2CCCCCCC2)c(Cl)c1. The second-order valence-electron chi connectivity index (χ2n) is 5.25. The minimum atomic E-state index is -0.0874. The van der Waals surface area contributed by atoms with Crippen molar-refractivity contribution in [1.29, 1.82) is 0 Å². The Bertz CT molecular complexity index is 440. The van der Waals surface area contributed by atoms with Crippen LogP contribution in [-0.4, -0.2) is 11.9 Å². The van der Waals surface area contributed by atoms with E-state index < -0.39 is 0 Å². The lowest BCUT2D eigenvalue weighted by molar-refractivity contribution is 0.0930. The molecule has 1 aliphatic rings. The molecule has 1 saturated carbocycles. The average Bonchev–Trinajstić information content (AvgIpc) is 2.32. The van der Waals surface area contributed by atoms with Crippen LogP contribution < -0.4 is 11.1 Å². The van der Waals surface area contributed by atoms with Crippen LogP contribution in [-0.2, 0) is 0 Å². The van der Waals surface area contributed by atoms with Crippen LogP contribution >= 0.6 is 11.6 Å². The minimum absolute atomic E-state index is 0.0874. The van der Waals surface area contributed by atoms with Crippen LogP contribution in [0.2, 0.25) is 5.02 Å². The third-order valence-electron chi connectivity index (χ3n) is 3.68. The molecule has 1 aliphatic carbocycles. The molecule has 19 heavy (non-hydrogen) atoms. The predicted molar refractivity (Wildman–Crippen MR) is 79.4 cm³/mol. The zero-order valence-corrected chi connectivity index (χ0v) is 11.9. The summed E-state index contributed by atoms with van der Waals surface area (Å²) < 4.78 is 0. The third-order valence-corrected chi connectivity index (χ3v) is 3.99. The fourth-order valence-electron chi connectivity index (χ4n) is 2.58. The highest BCUT2D eigenvalue weighted by atomic mass is 35.5. The van der Waals surface area contributed by atoms with E-state index in [1.165, 1.54) is 32.1 Å². The van der Waals surface area contributed by atoms with Crippen LogP contribution in [0.25, 0.3) is 0 Å². The molecule has 1 aromatic rings. The molecular weight excluding hydrogens is 260 g/mol. The van der Waals surface area contributed by atoms with E-state index in [2.05, 4.69) is 5.32 Å². The monoisotopic (exact) mass is 280 g/mol. The van der Waals surface area contributed by atoms with E-state index in [1.54, 1.807) is 18.2 Å². The van der Waals surface area contributed by atoms with Crippen LogP contribution in [0, 0.1) is 0 Å². The smallest absolute Gasteiger partial charge is 0.253 e. The van der Waals surface area contributed by atoms with Crippen molar-refractivity contribution in [3.8, 4) is 0 Å². The first-order chi connectivity index (χ1) is 9.16. The minimum Gasteiger partial charge on any atom is -0.399 e. The number of nitrogen functional groups attached to an aromatic ring is 1. The van der Waals surface area contributed by atoms with Gasteiger partial charge in [0.1, 0.15) is 0 Å². The van der Waals surface area contributed by atoms with Gasteiger partial charge in [0.05, 0.1) is 10.6 Å². The van der Waals surface area contributed by atoms with E-state index in [9.17, 15) is 4.79 Å². The van der Waals surface area contributed by atoms with Crippen molar-refractivity contribution in [2.24, 2.45) is 0 Å². The highest BCUT2D eigenvalue weighted by Gasteiger charge is 2.16. The standard InChI is InChI=1S/C15H21ClN2O/c16-14-10-11(17)8-9-13(14)15(19)18-12-6-4-2-1-3-5-7-12/h8-10,12H,1-7,17H2,(H,18,19).